The van der Waals surface area contributed by atoms with Gasteiger partial charge in [-0.15, -0.1) is 0 Å². The molecule has 2 amide bonds. The maximum absolute atomic E-state index is 14.4. The Labute approximate surface area is 220 Å². The molecule has 4 atom stereocenters. The number of imide groups is 1. The third-order valence-electron chi connectivity index (χ3n) is 8.62. The molecule has 4 heterocycles. The van der Waals surface area contributed by atoms with Gasteiger partial charge in [-0.25, -0.2) is 9.88 Å². The van der Waals surface area contributed by atoms with E-state index in [0.717, 1.165) is 17.5 Å². The first-order chi connectivity index (χ1) is 18.4. The van der Waals surface area contributed by atoms with E-state index >= 15 is 0 Å². The van der Waals surface area contributed by atoms with Crippen LogP contribution in [0.1, 0.15) is 37.7 Å². The lowest BCUT2D eigenvalue weighted by atomic mass is 9.75. The van der Waals surface area contributed by atoms with Gasteiger partial charge in [0.15, 0.2) is 0 Å². The van der Waals surface area contributed by atoms with Gasteiger partial charge in [0.2, 0.25) is 11.8 Å². The van der Waals surface area contributed by atoms with Crippen molar-refractivity contribution < 1.29 is 9.59 Å². The lowest BCUT2D eigenvalue weighted by molar-refractivity contribution is -0.123. The molecule has 1 aromatic heterocycles. The number of aromatic nitrogens is 2. The number of hydrogen-bond donors (Lipinski definition) is 1. The van der Waals surface area contributed by atoms with Gasteiger partial charge in [0.1, 0.15) is 11.4 Å². The molecule has 1 spiro atoms. The summed E-state index contributed by atoms with van der Waals surface area (Å²) < 4.78 is 1.64. The Morgan fingerprint density at radius 3 is 2.37 bits per heavy atom. The van der Waals surface area contributed by atoms with E-state index < -0.39 is 17.4 Å². The molecule has 2 saturated heterocycles. The summed E-state index contributed by atoms with van der Waals surface area (Å²) in [5.41, 5.74) is 2.52. The minimum absolute atomic E-state index is 0.0643. The SMILES string of the molecule is CCc1ccc(N2C(=O)[C@H]3[C@@H](C(C)C)N[C@@]4(c5ccccc5-n5c4nc4ccccc4c5=O)[C@H]3C2=O)cc1. The summed E-state index contributed by atoms with van der Waals surface area (Å²) in [4.78, 5) is 48.7. The Morgan fingerprint density at radius 2 is 1.63 bits per heavy atom. The fourth-order valence-electron chi connectivity index (χ4n) is 6.86. The van der Waals surface area contributed by atoms with Gasteiger partial charge < -0.3 is 0 Å². The van der Waals surface area contributed by atoms with Gasteiger partial charge in [0, 0.05) is 11.6 Å². The van der Waals surface area contributed by atoms with Crippen LogP contribution >= 0.6 is 0 Å². The number of carbonyl (C=O) groups excluding carboxylic acids is 2. The van der Waals surface area contributed by atoms with E-state index in [2.05, 4.69) is 26.1 Å². The number of aryl methyl sites for hydroxylation is 1. The molecular weight excluding hydrogens is 476 g/mol. The highest BCUT2D eigenvalue weighted by Gasteiger charge is 2.70. The summed E-state index contributed by atoms with van der Waals surface area (Å²) in [6.07, 6.45) is 0.873. The van der Waals surface area contributed by atoms with Crippen molar-refractivity contribution in [1.29, 1.82) is 0 Å². The van der Waals surface area contributed by atoms with E-state index in [-0.39, 0.29) is 29.3 Å². The van der Waals surface area contributed by atoms with Gasteiger partial charge in [0.05, 0.1) is 34.1 Å². The molecule has 38 heavy (non-hydrogen) atoms. The van der Waals surface area contributed by atoms with Gasteiger partial charge in [-0.2, -0.15) is 0 Å². The topological polar surface area (TPSA) is 84.3 Å². The summed E-state index contributed by atoms with van der Waals surface area (Å²) in [6, 6.07) is 22.3. The second kappa shape index (κ2) is 7.95. The predicted molar refractivity (Wildman–Crippen MR) is 145 cm³/mol. The van der Waals surface area contributed by atoms with E-state index in [0.29, 0.717) is 28.1 Å². The van der Waals surface area contributed by atoms with Crippen LogP contribution in [0.5, 0.6) is 0 Å². The smallest absolute Gasteiger partial charge is 0.266 e. The molecule has 2 fully saturated rings. The molecule has 0 aliphatic carbocycles. The van der Waals surface area contributed by atoms with Crippen molar-refractivity contribution >= 4 is 28.4 Å². The Kier molecular flexibility index (Phi) is 4.82. The van der Waals surface area contributed by atoms with Crippen molar-refractivity contribution in [2.75, 3.05) is 4.90 Å². The first kappa shape index (κ1) is 23.0. The second-order valence-corrected chi connectivity index (χ2v) is 10.9. The van der Waals surface area contributed by atoms with E-state index in [1.165, 1.54) is 4.90 Å². The molecule has 4 aromatic rings. The maximum atomic E-state index is 14.4. The van der Waals surface area contributed by atoms with Gasteiger partial charge in [-0.1, -0.05) is 63.2 Å². The van der Waals surface area contributed by atoms with Gasteiger partial charge in [-0.3, -0.25) is 24.3 Å². The molecule has 7 rings (SSSR count). The highest BCUT2D eigenvalue weighted by Crippen LogP contribution is 2.56. The monoisotopic (exact) mass is 504 g/mol. The summed E-state index contributed by atoms with van der Waals surface area (Å²) in [6.45, 7) is 6.19. The lowest BCUT2D eigenvalue weighted by Crippen LogP contribution is -2.51. The Morgan fingerprint density at radius 1 is 0.921 bits per heavy atom. The third-order valence-corrected chi connectivity index (χ3v) is 8.62. The first-order valence-corrected chi connectivity index (χ1v) is 13.2. The van der Waals surface area contributed by atoms with Crippen LogP contribution in [0.25, 0.3) is 16.6 Å². The zero-order valence-electron chi connectivity index (χ0n) is 21.5. The lowest BCUT2D eigenvalue weighted by Gasteiger charge is -2.32. The normalized spacial score (nSPS) is 25.5. The Bertz CT molecular complexity index is 1710. The average molecular weight is 505 g/mol. The van der Waals surface area contributed by atoms with Gasteiger partial charge in [-0.05, 0) is 48.2 Å². The van der Waals surface area contributed by atoms with Gasteiger partial charge in [0.25, 0.3) is 5.56 Å². The predicted octanol–water partition coefficient (Wildman–Crippen LogP) is 3.94. The molecule has 3 aliphatic heterocycles. The van der Waals surface area contributed by atoms with Crippen LogP contribution in [-0.4, -0.2) is 27.4 Å². The zero-order valence-corrected chi connectivity index (χ0v) is 21.5. The number of benzene rings is 3. The third kappa shape index (κ3) is 2.77. The first-order valence-electron chi connectivity index (χ1n) is 13.2. The molecule has 0 radical (unpaired) electrons. The number of carbonyl (C=O) groups is 2. The van der Waals surface area contributed by atoms with Crippen LogP contribution in [0.3, 0.4) is 0 Å². The Balaban J connectivity index is 1.51. The highest BCUT2D eigenvalue weighted by atomic mass is 16.2. The van der Waals surface area contributed by atoms with E-state index in [9.17, 15) is 14.4 Å². The molecule has 3 aliphatic rings. The molecule has 1 N–H and O–H groups in total. The van der Waals surface area contributed by atoms with Crippen LogP contribution in [0, 0.1) is 17.8 Å². The van der Waals surface area contributed by atoms with Crippen molar-refractivity contribution in [2.24, 2.45) is 17.8 Å². The number of para-hydroxylation sites is 2. The van der Waals surface area contributed by atoms with Crippen molar-refractivity contribution in [3.63, 3.8) is 0 Å². The van der Waals surface area contributed by atoms with E-state index in [1.54, 1.807) is 10.6 Å². The van der Waals surface area contributed by atoms with Crippen molar-refractivity contribution in [1.82, 2.24) is 14.9 Å². The minimum Gasteiger partial charge on any atom is -0.296 e. The van der Waals surface area contributed by atoms with Gasteiger partial charge >= 0.3 is 0 Å². The maximum Gasteiger partial charge on any atom is 0.266 e. The molecular formula is C31H28N4O3. The number of rotatable bonds is 3. The molecule has 0 saturated carbocycles. The number of amides is 2. The fourth-order valence-corrected chi connectivity index (χ4v) is 6.86. The van der Waals surface area contributed by atoms with E-state index in [1.807, 2.05) is 66.7 Å². The molecule has 7 heteroatoms. The summed E-state index contributed by atoms with van der Waals surface area (Å²) in [7, 11) is 0. The number of nitrogens with one attached hydrogen (secondary N) is 1. The van der Waals surface area contributed by atoms with Crippen LogP contribution in [-0.2, 0) is 21.5 Å². The van der Waals surface area contributed by atoms with Crippen molar-refractivity contribution in [3.05, 3.63) is 100 Å². The minimum atomic E-state index is -1.11. The van der Waals surface area contributed by atoms with Crippen molar-refractivity contribution in [2.45, 2.75) is 38.8 Å². The number of anilines is 1. The highest BCUT2D eigenvalue weighted by molar-refractivity contribution is 6.23. The summed E-state index contributed by atoms with van der Waals surface area (Å²) >= 11 is 0. The van der Waals surface area contributed by atoms with Crippen LogP contribution < -0.4 is 15.8 Å². The molecule has 0 bridgehead atoms. The molecule has 0 unspecified atom stereocenters. The summed E-state index contributed by atoms with van der Waals surface area (Å²) in [5.74, 6) is -1.25. The summed E-state index contributed by atoms with van der Waals surface area (Å²) in [5, 5.41) is 4.25. The standard InChI is InChI=1S/C31H28N4O3/c1-4-18-13-15-19(16-14-18)34-28(37)24-25(29(34)38)31(33-26(24)17(2)3)21-10-6-8-12-23(21)35-27(36)20-9-5-7-11-22(20)32-30(31)35/h5-17,24-26,33H,4H2,1-3H3/t24-,25-,26-,31+/m1/s1. The second-order valence-electron chi connectivity index (χ2n) is 10.9. The number of hydrogen-bond acceptors (Lipinski definition) is 5. The average Bonchev–Trinajstić information content (AvgIpc) is 3.53. The zero-order chi connectivity index (χ0) is 26.3. The fraction of sp³-hybridized carbons (Fsp3) is 0.290. The quantitative estimate of drug-likeness (QED) is 0.428. The van der Waals surface area contributed by atoms with Crippen molar-refractivity contribution in [3.8, 4) is 5.69 Å². The van der Waals surface area contributed by atoms with E-state index in [4.69, 9.17) is 4.98 Å². The van der Waals surface area contributed by atoms with Crippen LogP contribution in [0.2, 0.25) is 0 Å². The Hall–Kier alpha value is -4.10. The molecule has 190 valence electrons. The number of fused-ring (bicyclic) bond motifs is 8. The molecule has 7 nitrogen and oxygen atoms in total. The van der Waals surface area contributed by atoms with Crippen LogP contribution in [0.4, 0.5) is 5.69 Å². The van der Waals surface area contributed by atoms with Crippen LogP contribution in [0.15, 0.2) is 77.6 Å². The number of nitrogens with zero attached hydrogens (tertiary/aromatic N) is 3. The molecule has 3 aromatic carbocycles. The largest absolute Gasteiger partial charge is 0.296 e.